The number of fused-ring (bicyclic) bond motifs is 1. The van der Waals surface area contributed by atoms with Gasteiger partial charge in [0, 0.05) is 19.0 Å². The monoisotopic (exact) mass is 704 g/mol. The van der Waals surface area contributed by atoms with E-state index in [-0.39, 0.29) is 45.4 Å². The summed E-state index contributed by atoms with van der Waals surface area (Å²) < 4.78 is 107. The zero-order chi connectivity index (χ0) is 35.7. The van der Waals surface area contributed by atoms with Gasteiger partial charge in [-0.05, 0) is 66.4 Å². The van der Waals surface area contributed by atoms with E-state index >= 15 is 0 Å². The van der Waals surface area contributed by atoms with Crippen molar-refractivity contribution in [2.45, 2.75) is 109 Å². The van der Waals surface area contributed by atoms with Crippen LogP contribution in [0.3, 0.4) is 0 Å². The largest absolute Gasteiger partial charge is 0.464 e. The Morgan fingerprint density at radius 3 is 1.85 bits per heavy atom. The van der Waals surface area contributed by atoms with Crippen molar-refractivity contribution in [3.8, 4) is 0 Å². The fourth-order valence-electron chi connectivity index (χ4n) is 4.31. The summed E-state index contributed by atoms with van der Waals surface area (Å²) >= 11 is 0. The summed E-state index contributed by atoms with van der Waals surface area (Å²) in [6.07, 6.45) is -9.54. The number of anilines is 1. The molecule has 0 unspecified atom stereocenters. The van der Waals surface area contributed by atoms with Crippen molar-refractivity contribution in [1.29, 1.82) is 0 Å². The molecule has 4 N–H and O–H groups in total. The number of nitrogen functional groups attached to an aromatic ring is 1. The van der Waals surface area contributed by atoms with E-state index in [1.54, 1.807) is 17.6 Å². The number of hydrogen-bond donors (Lipinski definition) is 3. The van der Waals surface area contributed by atoms with Crippen molar-refractivity contribution in [2.24, 2.45) is 0 Å². The molecule has 0 saturated carbocycles. The maximum atomic E-state index is 14.3. The van der Waals surface area contributed by atoms with Crippen molar-refractivity contribution < 1.29 is 54.7 Å². The number of pyridine rings is 1. The van der Waals surface area contributed by atoms with Crippen LogP contribution in [-0.4, -0.2) is 75.6 Å². The van der Waals surface area contributed by atoms with Gasteiger partial charge in [-0.15, -0.1) is 0 Å². The second-order valence-corrected chi connectivity index (χ2v) is 14.4. The molecule has 0 aliphatic heterocycles. The van der Waals surface area contributed by atoms with E-state index in [2.05, 4.69) is 20.1 Å². The van der Waals surface area contributed by atoms with Gasteiger partial charge in [0.15, 0.2) is 5.65 Å². The van der Waals surface area contributed by atoms with E-state index in [9.17, 15) is 40.5 Å². The van der Waals surface area contributed by atoms with Crippen LogP contribution in [0.1, 0.15) is 73.1 Å². The first-order chi connectivity index (χ1) is 21.5. The van der Waals surface area contributed by atoms with Crippen LogP contribution in [0.5, 0.6) is 0 Å². The van der Waals surface area contributed by atoms with Crippen LogP contribution in [0, 0.1) is 0 Å². The van der Waals surface area contributed by atoms with Crippen LogP contribution in [0.2, 0.25) is 0 Å². The standard InChI is InChI=1S/C28H43F6N6O6P/c1-19(16-40-17-37-21-20(35)10-13-36-22(21)40)46-18-47(43,38-25(2,3)23(41)44-14-8-6-11-27(29,30)31)39-26(4,5)24(42)45-15-9-7-12-28(32,33)34/h10,13,17,19H,6-9,11-12,14-16,18H2,1-5H3,(H2,35,36)(H2,38,39,43)/t19-/m1/s1. The molecule has 0 spiro atoms. The average Bonchev–Trinajstić information content (AvgIpc) is 3.33. The van der Waals surface area contributed by atoms with Crippen LogP contribution < -0.4 is 15.9 Å². The highest BCUT2D eigenvalue weighted by molar-refractivity contribution is 7.59. The van der Waals surface area contributed by atoms with Crippen molar-refractivity contribution in [1.82, 2.24) is 24.7 Å². The number of esters is 2. The van der Waals surface area contributed by atoms with Crippen molar-refractivity contribution in [3.05, 3.63) is 18.6 Å². The number of nitrogens with one attached hydrogen (secondary N) is 2. The number of unbranched alkanes of at least 4 members (excludes halogenated alkanes) is 2. The zero-order valence-electron chi connectivity index (χ0n) is 27.0. The summed E-state index contributed by atoms with van der Waals surface area (Å²) in [7, 11) is -4.09. The first-order valence-corrected chi connectivity index (χ1v) is 16.8. The van der Waals surface area contributed by atoms with Crippen molar-refractivity contribution >= 4 is 36.2 Å². The van der Waals surface area contributed by atoms with Crippen LogP contribution in [-0.2, 0) is 34.9 Å². The van der Waals surface area contributed by atoms with Gasteiger partial charge in [0.05, 0.1) is 37.9 Å². The summed E-state index contributed by atoms with van der Waals surface area (Å²) in [4.78, 5) is 34.3. The van der Waals surface area contributed by atoms with Gasteiger partial charge in [-0.2, -0.15) is 26.3 Å². The predicted octanol–water partition coefficient (Wildman–Crippen LogP) is 5.86. The Hall–Kier alpha value is -2.95. The quantitative estimate of drug-likeness (QED) is 0.0696. The molecule has 268 valence electrons. The SMILES string of the molecule is C[C@H](Cn1cnc2c(N)ccnc21)OCP(=O)(NC(C)(C)C(=O)OCCCCC(F)(F)F)NC(C)(C)C(=O)OCCCCC(F)(F)F. The normalized spacial score (nSPS) is 13.9. The molecular formula is C28H43F6N6O6P. The third-order valence-corrected chi connectivity index (χ3v) is 9.00. The first-order valence-electron chi connectivity index (χ1n) is 14.9. The molecule has 0 radical (unpaired) electrons. The van der Waals surface area contributed by atoms with Crippen LogP contribution >= 0.6 is 7.44 Å². The molecule has 0 saturated heterocycles. The molecule has 0 amide bonds. The minimum absolute atomic E-state index is 0.0524. The number of rotatable bonds is 19. The topological polar surface area (TPSA) is 160 Å². The second kappa shape index (κ2) is 16.4. The van der Waals surface area contributed by atoms with Gasteiger partial charge < -0.3 is 24.5 Å². The molecule has 1 atom stereocenters. The molecule has 47 heavy (non-hydrogen) atoms. The number of carbonyl (C=O) groups is 2. The minimum Gasteiger partial charge on any atom is -0.464 e. The summed E-state index contributed by atoms with van der Waals surface area (Å²) in [5.74, 6) is -1.84. The number of halogens is 6. The van der Waals surface area contributed by atoms with Gasteiger partial charge in [0.1, 0.15) is 22.9 Å². The van der Waals surface area contributed by atoms with Gasteiger partial charge in [0.25, 0.3) is 0 Å². The Morgan fingerprint density at radius 2 is 1.38 bits per heavy atom. The smallest absolute Gasteiger partial charge is 0.389 e. The second-order valence-electron chi connectivity index (χ2n) is 12.2. The lowest BCUT2D eigenvalue weighted by Crippen LogP contribution is -2.54. The Bertz CT molecular complexity index is 1330. The molecule has 0 aromatic carbocycles. The van der Waals surface area contributed by atoms with E-state index in [1.165, 1.54) is 40.2 Å². The van der Waals surface area contributed by atoms with E-state index in [0.717, 1.165) is 0 Å². The maximum absolute atomic E-state index is 14.3. The highest BCUT2D eigenvalue weighted by Gasteiger charge is 2.43. The maximum Gasteiger partial charge on any atom is 0.389 e. The zero-order valence-corrected chi connectivity index (χ0v) is 27.9. The van der Waals surface area contributed by atoms with Gasteiger partial charge in [-0.3, -0.25) is 14.2 Å². The molecule has 0 bridgehead atoms. The summed E-state index contributed by atoms with van der Waals surface area (Å²) in [5.41, 5.74) is 3.96. The Labute approximate surface area is 268 Å². The van der Waals surface area contributed by atoms with Gasteiger partial charge >= 0.3 is 24.3 Å². The number of ether oxygens (including phenoxy) is 3. The molecular weight excluding hydrogens is 661 g/mol. The summed E-state index contributed by atoms with van der Waals surface area (Å²) in [5, 5.41) is 5.35. The lowest BCUT2D eigenvalue weighted by atomic mass is 10.1. The Kier molecular flexibility index (Phi) is 14.1. The van der Waals surface area contributed by atoms with Crippen LogP contribution in [0.4, 0.5) is 32.0 Å². The van der Waals surface area contributed by atoms with Crippen molar-refractivity contribution in [3.63, 3.8) is 0 Å². The third-order valence-electron chi connectivity index (χ3n) is 6.65. The number of hydrogen-bond acceptors (Lipinski definition) is 9. The summed E-state index contributed by atoms with van der Waals surface area (Å²) in [6, 6.07) is 1.60. The highest BCUT2D eigenvalue weighted by Crippen LogP contribution is 2.42. The molecule has 0 aliphatic rings. The number of nitrogens with zero attached hydrogens (tertiary/aromatic N) is 3. The molecule has 0 aliphatic carbocycles. The van der Waals surface area contributed by atoms with Gasteiger partial charge in [-0.25, -0.2) is 20.1 Å². The minimum atomic E-state index is -4.34. The molecule has 2 rings (SSSR count). The predicted molar refractivity (Wildman–Crippen MR) is 161 cm³/mol. The van der Waals surface area contributed by atoms with E-state index in [0.29, 0.717) is 16.9 Å². The first kappa shape index (κ1) is 40.2. The molecule has 2 aromatic heterocycles. The van der Waals surface area contributed by atoms with Gasteiger partial charge in [-0.1, -0.05) is 0 Å². The fraction of sp³-hybridized carbons (Fsp3) is 0.714. The van der Waals surface area contributed by atoms with E-state index in [1.807, 2.05) is 0 Å². The number of nitrogens with two attached hydrogens (primary N) is 1. The van der Waals surface area contributed by atoms with Gasteiger partial charge in [0.2, 0.25) is 7.44 Å². The molecule has 0 fully saturated rings. The third kappa shape index (κ3) is 14.0. The Balaban J connectivity index is 2.14. The average molecular weight is 705 g/mol. The van der Waals surface area contributed by atoms with E-state index < -0.39 is 68.1 Å². The van der Waals surface area contributed by atoms with Crippen LogP contribution in [0.25, 0.3) is 11.2 Å². The molecule has 2 heterocycles. The van der Waals surface area contributed by atoms with Crippen LogP contribution in [0.15, 0.2) is 18.6 Å². The number of carbonyl (C=O) groups excluding carboxylic acids is 2. The van der Waals surface area contributed by atoms with Crippen molar-refractivity contribution in [2.75, 3.05) is 25.3 Å². The number of alkyl halides is 6. The lowest BCUT2D eigenvalue weighted by Gasteiger charge is -2.35. The Morgan fingerprint density at radius 1 is 0.894 bits per heavy atom. The number of imidazole rings is 1. The fourth-order valence-corrected chi connectivity index (χ4v) is 6.95. The summed E-state index contributed by atoms with van der Waals surface area (Å²) in [6.45, 7) is 6.59. The highest BCUT2D eigenvalue weighted by atomic mass is 31.2. The number of aromatic nitrogens is 3. The molecule has 2 aromatic rings. The molecule has 12 nitrogen and oxygen atoms in total. The molecule has 19 heteroatoms. The van der Waals surface area contributed by atoms with E-state index in [4.69, 9.17) is 19.9 Å². The lowest BCUT2D eigenvalue weighted by molar-refractivity contribution is -0.151.